The molecule has 2 fully saturated rings. The van der Waals surface area contributed by atoms with Crippen molar-refractivity contribution in [3.8, 4) is 0 Å². The number of furan rings is 1. The van der Waals surface area contributed by atoms with E-state index in [0.717, 1.165) is 45.0 Å². The van der Waals surface area contributed by atoms with E-state index >= 15 is 0 Å². The molecule has 7 nitrogen and oxygen atoms in total. The number of carbonyl (C=O) groups is 2. The number of morpholine rings is 1. The highest BCUT2D eigenvalue weighted by atomic mass is 16.5. The van der Waals surface area contributed by atoms with Crippen LogP contribution in [0.1, 0.15) is 35.2 Å². The van der Waals surface area contributed by atoms with E-state index in [4.69, 9.17) is 9.15 Å². The van der Waals surface area contributed by atoms with Crippen LogP contribution in [0.3, 0.4) is 0 Å². The molecule has 1 saturated heterocycles. The summed E-state index contributed by atoms with van der Waals surface area (Å²) in [5.74, 6) is 1.97. The second-order valence-corrected chi connectivity index (χ2v) is 7.83. The molecule has 0 spiro atoms. The first-order valence-electron chi connectivity index (χ1n) is 10.2. The second-order valence-electron chi connectivity index (χ2n) is 7.83. The molecule has 29 heavy (non-hydrogen) atoms. The maximum Gasteiger partial charge on any atom is 0.251 e. The van der Waals surface area contributed by atoms with Crippen molar-refractivity contribution in [1.29, 1.82) is 0 Å². The third kappa shape index (κ3) is 5.25. The molecule has 1 aliphatic carbocycles. The molecule has 1 aromatic heterocycles. The van der Waals surface area contributed by atoms with Crippen molar-refractivity contribution in [2.45, 2.75) is 26.4 Å². The summed E-state index contributed by atoms with van der Waals surface area (Å²) in [6.45, 7) is 6.44. The highest BCUT2D eigenvalue weighted by Crippen LogP contribution is 2.38. The largest absolute Gasteiger partial charge is 0.463 e. The monoisotopic (exact) mass is 397 g/mol. The van der Waals surface area contributed by atoms with Crippen molar-refractivity contribution >= 4 is 17.5 Å². The molecule has 1 saturated carbocycles. The lowest BCUT2D eigenvalue weighted by atomic mass is 10.2. The summed E-state index contributed by atoms with van der Waals surface area (Å²) >= 11 is 0. The number of rotatable bonds is 7. The number of nitrogens with one attached hydrogen (secondary N) is 2. The molecular weight excluding hydrogens is 370 g/mol. The Morgan fingerprint density at radius 2 is 1.90 bits per heavy atom. The van der Waals surface area contributed by atoms with Crippen LogP contribution < -0.4 is 10.6 Å². The number of carbonyl (C=O) groups excluding carboxylic acids is 2. The Hall–Kier alpha value is -2.64. The zero-order valence-corrected chi connectivity index (χ0v) is 16.6. The van der Waals surface area contributed by atoms with Crippen molar-refractivity contribution in [1.82, 2.24) is 10.2 Å². The van der Waals surface area contributed by atoms with E-state index in [0.29, 0.717) is 29.5 Å². The smallest absolute Gasteiger partial charge is 0.251 e. The Bertz CT molecular complexity index is 872. The van der Waals surface area contributed by atoms with E-state index in [1.807, 2.05) is 12.1 Å². The topological polar surface area (TPSA) is 83.8 Å². The van der Waals surface area contributed by atoms with Crippen LogP contribution in [0.2, 0.25) is 0 Å². The predicted octanol–water partition coefficient (Wildman–Crippen LogP) is 2.64. The normalized spacial score (nSPS) is 21.6. The highest BCUT2D eigenvalue weighted by molar-refractivity contribution is 5.98. The van der Waals surface area contributed by atoms with Crippen LogP contribution in [-0.2, 0) is 22.6 Å². The molecule has 2 aromatic rings. The average molecular weight is 397 g/mol. The maximum atomic E-state index is 12.5. The van der Waals surface area contributed by atoms with Crippen LogP contribution in [0.15, 0.2) is 40.8 Å². The van der Waals surface area contributed by atoms with Gasteiger partial charge in [0.1, 0.15) is 11.5 Å². The summed E-state index contributed by atoms with van der Waals surface area (Å²) in [5, 5.41) is 5.77. The van der Waals surface area contributed by atoms with Gasteiger partial charge in [0, 0.05) is 30.3 Å². The van der Waals surface area contributed by atoms with E-state index in [2.05, 4.69) is 22.5 Å². The molecule has 4 rings (SSSR count). The van der Waals surface area contributed by atoms with Gasteiger partial charge in [-0.1, -0.05) is 13.0 Å². The molecule has 154 valence electrons. The predicted molar refractivity (Wildman–Crippen MR) is 108 cm³/mol. The lowest BCUT2D eigenvalue weighted by Gasteiger charge is -2.25. The standard InChI is InChI=1S/C22H27N3O4/c1-15-11-20(15)22(27)24-17-4-2-3-16(12-17)21(26)23-13-18-5-6-19(29-18)14-25-7-9-28-10-8-25/h2-6,12,15,20H,7-11,13-14H2,1H3,(H,23,26)(H,24,27)/t15-,20-/m1/s1. The zero-order valence-electron chi connectivity index (χ0n) is 16.6. The first-order valence-corrected chi connectivity index (χ1v) is 10.2. The van der Waals surface area contributed by atoms with Gasteiger partial charge < -0.3 is 19.8 Å². The quantitative estimate of drug-likeness (QED) is 0.750. The molecule has 0 bridgehead atoms. The van der Waals surface area contributed by atoms with Crippen LogP contribution >= 0.6 is 0 Å². The minimum Gasteiger partial charge on any atom is -0.463 e. The first-order chi connectivity index (χ1) is 14.1. The number of hydrogen-bond acceptors (Lipinski definition) is 5. The summed E-state index contributed by atoms with van der Waals surface area (Å²) < 4.78 is 11.2. The van der Waals surface area contributed by atoms with Gasteiger partial charge >= 0.3 is 0 Å². The molecule has 0 radical (unpaired) electrons. The van der Waals surface area contributed by atoms with Gasteiger partial charge in [-0.15, -0.1) is 0 Å². The zero-order chi connectivity index (χ0) is 20.2. The van der Waals surface area contributed by atoms with Gasteiger partial charge in [-0.25, -0.2) is 0 Å². The summed E-state index contributed by atoms with van der Waals surface area (Å²) in [6, 6.07) is 10.8. The van der Waals surface area contributed by atoms with E-state index in [1.165, 1.54) is 0 Å². The second kappa shape index (κ2) is 8.80. The van der Waals surface area contributed by atoms with Crippen LogP contribution in [-0.4, -0.2) is 43.0 Å². The van der Waals surface area contributed by atoms with Gasteiger partial charge in [0.05, 0.1) is 26.3 Å². The molecule has 7 heteroatoms. The molecule has 1 aromatic carbocycles. The molecule has 2 heterocycles. The van der Waals surface area contributed by atoms with Crippen LogP contribution in [0.5, 0.6) is 0 Å². The first kappa shape index (κ1) is 19.7. The third-order valence-electron chi connectivity index (χ3n) is 5.46. The van der Waals surface area contributed by atoms with E-state index in [-0.39, 0.29) is 17.7 Å². The Labute approximate surface area is 170 Å². The summed E-state index contributed by atoms with van der Waals surface area (Å²) in [5.41, 5.74) is 1.15. The Kier molecular flexibility index (Phi) is 5.97. The SMILES string of the molecule is C[C@@H]1C[C@H]1C(=O)Nc1cccc(C(=O)NCc2ccc(CN3CCOCC3)o2)c1. The number of nitrogens with zero attached hydrogens (tertiary/aromatic N) is 1. The number of benzene rings is 1. The van der Waals surface area contributed by atoms with Crippen LogP contribution in [0, 0.1) is 11.8 Å². The van der Waals surface area contributed by atoms with Gasteiger partial charge in [0.25, 0.3) is 5.91 Å². The third-order valence-corrected chi connectivity index (χ3v) is 5.46. The van der Waals surface area contributed by atoms with Gasteiger partial charge in [-0.05, 0) is 42.7 Å². The van der Waals surface area contributed by atoms with E-state index < -0.39 is 0 Å². The van der Waals surface area contributed by atoms with Crippen LogP contribution in [0.25, 0.3) is 0 Å². The number of anilines is 1. The number of hydrogen-bond donors (Lipinski definition) is 2. The lowest BCUT2D eigenvalue weighted by molar-refractivity contribution is -0.117. The fourth-order valence-electron chi connectivity index (χ4n) is 3.51. The van der Waals surface area contributed by atoms with E-state index in [9.17, 15) is 9.59 Å². The van der Waals surface area contributed by atoms with Gasteiger partial charge in [0.15, 0.2) is 0 Å². The fourth-order valence-corrected chi connectivity index (χ4v) is 3.51. The molecule has 2 atom stereocenters. The van der Waals surface area contributed by atoms with Gasteiger partial charge in [-0.2, -0.15) is 0 Å². The van der Waals surface area contributed by atoms with Crippen molar-refractivity contribution in [3.05, 3.63) is 53.5 Å². The summed E-state index contributed by atoms with van der Waals surface area (Å²) in [7, 11) is 0. The molecular formula is C22H27N3O4. The summed E-state index contributed by atoms with van der Waals surface area (Å²) in [6.07, 6.45) is 0.933. The Morgan fingerprint density at radius 3 is 2.66 bits per heavy atom. The minimum absolute atomic E-state index is 0.0263. The maximum absolute atomic E-state index is 12.5. The van der Waals surface area contributed by atoms with Gasteiger partial charge in [0.2, 0.25) is 5.91 Å². The van der Waals surface area contributed by atoms with Gasteiger partial charge in [-0.3, -0.25) is 14.5 Å². The van der Waals surface area contributed by atoms with Crippen molar-refractivity contribution in [2.24, 2.45) is 11.8 Å². The number of amides is 2. The molecule has 2 aliphatic rings. The molecule has 2 N–H and O–H groups in total. The van der Waals surface area contributed by atoms with Crippen molar-refractivity contribution in [2.75, 3.05) is 31.6 Å². The minimum atomic E-state index is -0.202. The highest BCUT2D eigenvalue weighted by Gasteiger charge is 2.39. The van der Waals surface area contributed by atoms with Crippen molar-refractivity contribution < 1.29 is 18.7 Å². The molecule has 1 aliphatic heterocycles. The Balaban J connectivity index is 1.28. The number of ether oxygens (including phenoxy) is 1. The fraction of sp³-hybridized carbons (Fsp3) is 0.455. The van der Waals surface area contributed by atoms with Crippen molar-refractivity contribution in [3.63, 3.8) is 0 Å². The molecule has 0 unspecified atom stereocenters. The summed E-state index contributed by atoms with van der Waals surface area (Å²) in [4.78, 5) is 26.9. The van der Waals surface area contributed by atoms with Crippen LogP contribution in [0.4, 0.5) is 5.69 Å². The van der Waals surface area contributed by atoms with E-state index in [1.54, 1.807) is 24.3 Å². The Morgan fingerprint density at radius 1 is 1.14 bits per heavy atom. The average Bonchev–Trinajstić information content (AvgIpc) is 3.30. The lowest BCUT2D eigenvalue weighted by Crippen LogP contribution is -2.35. The molecule has 2 amide bonds.